The number of hydrogen-bond acceptors (Lipinski definition) is 5. The van der Waals surface area contributed by atoms with Gasteiger partial charge < -0.3 is 9.32 Å². The molecule has 140 valence electrons. The summed E-state index contributed by atoms with van der Waals surface area (Å²) in [6.45, 7) is 8.16. The molecule has 0 saturated carbocycles. The molecule has 7 nitrogen and oxygen atoms in total. The molecule has 2 aromatic heterocycles. The number of carbonyl (C=O) groups excluding carboxylic acids is 1. The molecule has 1 fully saturated rings. The van der Waals surface area contributed by atoms with E-state index < -0.39 is 0 Å². The number of carbonyl (C=O) groups is 1. The highest BCUT2D eigenvalue weighted by molar-refractivity contribution is 5.91. The molecule has 1 aliphatic rings. The number of hydrogen-bond donors (Lipinski definition) is 0. The number of aromatic nitrogens is 3. The van der Waals surface area contributed by atoms with Crippen LogP contribution in [0.15, 0.2) is 35.1 Å². The van der Waals surface area contributed by atoms with Gasteiger partial charge in [-0.25, -0.2) is 4.68 Å². The summed E-state index contributed by atoms with van der Waals surface area (Å²) in [4.78, 5) is 16.6. The van der Waals surface area contributed by atoms with Gasteiger partial charge in [-0.15, -0.1) is 5.10 Å². The van der Waals surface area contributed by atoms with Crippen molar-refractivity contribution in [3.05, 3.63) is 42.1 Å². The SMILES string of the molecule is CCN(CC)C(=O)c1cn([C@@H]2CCCN(C/C=C/c3ccco3)C2)nn1. The summed E-state index contributed by atoms with van der Waals surface area (Å²) in [6, 6.07) is 4.09. The lowest BCUT2D eigenvalue weighted by atomic mass is 10.1. The predicted octanol–water partition coefficient (Wildman–Crippen LogP) is 2.70. The minimum absolute atomic E-state index is 0.0460. The Morgan fingerprint density at radius 2 is 2.27 bits per heavy atom. The second-order valence-corrected chi connectivity index (χ2v) is 6.53. The second kappa shape index (κ2) is 8.80. The molecule has 0 unspecified atom stereocenters. The summed E-state index contributed by atoms with van der Waals surface area (Å²) in [6.07, 6.45) is 9.77. The summed E-state index contributed by atoms with van der Waals surface area (Å²) >= 11 is 0. The van der Waals surface area contributed by atoms with Crippen LogP contribution in [-0.2, 0) is 0 Å². The molecule has 0 bridgehead atoms. The highest BCUT2D eigenvalue weighted by Crippen LogP contribution is 2.21. The van der Waals surface area contributed by atoms with Crippen LogP contribution in [0.3, 0.4) is 0 Å². The van der Waals surface area contributed by atoms with Gasteiger partial charge in [-0.05, 0) is 51.4 Å². The Labute approximate surface area is 154 Å². The first-order valence-corrected chi connectivity index (χ1v) is 9.34. The third kappa shape index (κ3) is 4.40. The smallest absolute Gasteiger partial charge is 0.276 e. The van der Waals surface area contributed by atoms with Crippen molar-refractivity contribution in [2.24, 2.45) is 0 Å². The van der Waals surface area contributed by atoms with Crippen LogP contribution in [0.4, 0.5) is 0 Å². The van der Waals surface area contributed by atoms with E-state index in [2.05, 4.69) is 21.3 Å². The van der Waals surface area contributed by atoms with Crippen LogP contribution in [0.1, 0.15) is 49.0 Å². The van der Waals surface area contributed by atoms with Crippen molar-refractivity contribution in [2.75, 3.05) is 32.7 Å². The van der Waals surface area contributed by atoms with E-state index in [4.69, 9.17) is 4.42 Å². The lowest BCUT2D eigenvalue weighted by Crippen LogP contribution is -2.36. The van der Waals surface area contributed by atoms with Gasteiger partial charge in [0, 0.05) is 26.2 Å². The molecule has 0 aliphatic carbocycles. The van der Waals surface area contributed by atoms with Crippen LogP contribution in [0.25, 0.3) is 6.08 Å². The van der Waals surface area contributed by atoms with Gasteiger partial charge in [0.05, 0.1) is 18.5 Å². The Bertz CT molecular complexity index is 718. The fourth-order valence-electron chi connectivity index (χ4n) is 3.34. The zero-order chi connectivity index (χ0) is 18.4. The standard InChI is InChI=1S/C19H27N5O2/c1-3-23(4-2)19(25)18-15-24(21-20-18)16-8-5-11-22(14-16)12-6-9-17-10-7-13-26-17/h6-7,9-10,13,15-16H,3-5,8,11-12,14H2,1-2H3/b9-6+/t16-/m1/s1. The van der Waals surface area contributed by atoms with Gasteiger partial charge in [-0.3, -0.25) is 9.69 Å². The summed E-state index contributed by atoms with van der Waals surface area (Å²) in [5.74, 6) is 0.824. The summed E-state index contributed by atoms with van der Waals surface area (Å²) in [7, 11) is 0. The van der Waals surface area contributed by atoms with E-state index in [1.54, 1.807) is 17.4 Å². The number of rotatable bonds is 7. The molecule has 0 radical (unpaired) electrons. The fraction of sp³-hybridized carbons (Fsp3) is 0.526. The zero-order valence-corrected chi connectivity index (χ0v) is 15.5. The maximum absolute atomic E-state index is 12.4. The van der Waals surface area contributed by atoms with Crippen molar-refractivity contribution in [1.82, 2.24) is 24.8 Å². The number of amides is 1. The summed E-state index contributed by atoms with van der Waals surface area (Å²) in [5.41, 5.74) is 0.434. The molecule has 2 aromatic rings. The van der Waals surface area contributed by atoms with E-state index in [0.29, 0.717) is 18.8 Å². The monoisotopic (exact) mass is 357 g/mol. The normalized spacial score (nSPS) is 18.5. The van der Waals surface area contributed by atoms with Crippen LogP contribution in [0.2, 0.25) is 0 Å². The van der Waals surface area contributed by atoms with Crippen molar-refractivity contribution in [3.63, 3.8) is 0 Å². The molecule has 0 spiro atoms. The topological polar surface area (TPSA) is 67.4 Å². The number of piperidine rings is 1. The van der Waals surface area contributed by atoms with Crippen LogP contribution in [0, 0.1) is 0 Å². The van der Waals surface area contributed by atoms with Crippen LogP contribution < -0.4 is 0 Å². The largest absolute Gasteiger partial charge is 0.465 e. The zero-order valence-electron chi connectivity index (χ0n) is 15.5. The molecule has 0 aromatic carbocycles. The first-order valence-electron chi connectivity index (χ1n) is 9.34. The highest BCUT2D eigenvalue weighted by atomic mass is 16.3. The molecule has 26 heavy (non-hydrogen) atoms. The van der Waals surface area contributed by atoms with Crippen LogP contribution in [0.5, 0.6) is 0 Å². The Hall–Kier alpha value is -2.41. The Morgan fingerprint density at radius 3 is 3.00 bits per heavy atom. The molecule has 1 atom stereocenters. The number of nitrogens with zero attached hydrogens (tertiary/aromatic N) is 5. The van der Waals surface area contributed by atoms with Gasteiger partial charge in [0.2, 0.25) is 0 Å². The van der Waals surface area contributed by atoms with E-state index in [-0.39, 0.29) is 11.9 Å². The predicted molar refractivity (Wildman–Crippen MR) is 99.7 cm³/mol. The molecule has 1 amide bonds. The Balaban J connectivity index is 1.58. The van der Waals surface area contributed by atoms with Gasteiger partial charge in [-0.1, -0.05) is 11.3 Å². The van der Waals surface area contributed by atoms with E-state index in [9.17, 15) is 4.79 Å². The van der Waals surface area contributed by atoms with Crippen LogP contribution >= 0.6 is 0 Å². The second-order valence-electron chi connectivity index (χ2n) is 6.53. The number of likely N-dealkylation sites (tertiary alicyclic amines) is 1. The van der Waals surface area contributed by atoms with E-state index in [1.165, 1.54) is 0 Å². The first kappa shape index (κ1) is 18.4. The van der Waals surface area contributed by atoms with Crippen molar-refractivity contribution in [2.45, 2.75) is 32.7 Å². The molecule has 3 heterocycles. The third-order valence-corrected chi connectivity index (χ3v) is 4.82. The van der Waals surface area contributed by atoms with E-state index in [0.717, 1.165) is 38.2 Å². The van der Waals surface area contributed by atoms with Gasteiger partial charge in [0.15, 0.2) is 5.69 Å². The minimum Gasteiger partial charge on any atom is -0.465 e. The molecule has 1 saturated heterocycles. The lowest BCUT2D eigenvalue weighted by molar-refractivity contribution is 0.0767. The quantitative estimate of drug-likeness (QED) is 0.762. The van der Waals surface area contributed by atoms with E-state index in [1.807, 2.05) is 36.7 Å². The molecule has 1 aliphatic heterocycles. The maximum atomic E-state index is 12.4. The summed E-state index contributed by atoms with van der Waals surface area (Å²) < 4.78 is 7.17. The highest BCUT2D eigenvalue weighted by Gasteiger charge is 2.23. The fourth-order valence-corrected chi connectivity index (χ4v) is 3.34. The Morgan fingerprint density at radius 1 is 1.42 bits per heavy atom. The molecule has 3 rings (SSSR count). The molecule has 0 N–H and O–H groups in total. The average Bonchev–Trinajstić information content (AvgIpc) is 3.35. The maximum Gasteiger partial charge on any atom is 0.276 e. The molecule has 7 heteroatoms. The lowest BCUT2D eigenvalue weighted by Gasteiger charge is -2.31. The summed E-state index contributed by atoms with van der Waals surface area (Å²) in [5, 5.41) is 8.33. The van der Waals surface area contributed by atoms with Crippen molar-refractivity contribution in [1.29, 1.82) is 0 Å². The van der Waals surface area contributed by atoms with Crippen molar-refractivity contribution < 1.29 is 9.21 Å². The van der Waals surface area contributed by atoms with Gasteiger partial charge in [-0.2, -0.15) is 0 Å². The van der Waals surface area contributed by atoms with Gasteiger partial charge in [0.1, 0.15) is 5.76 Å². The first-order chi connectivity index (χ1) is 12.7. The van der Waals surface area contributed by atoms with Crippen LogP contribution in [-0.4, -0.2) is 63.4 Å². The Kier molecular flexibility index (Phi) is 6.22. The van der Waals surface area contributed by atoms with Crippen molar-refractivity contribution in [3.8, 4) is 0 Å². The molecular weight excluding hydrogens is 330 g/mol. The van der Waals surface area contributed by atoms with E-state index >= 15 is 0 Å². The van der Waals surface area contributed by atoms with Crippen molar-refractivity contribution >= 4 is 12.0 Å². The van der Waals surface area contributed by atoms with Gasteiger partial charge in [0.25, 0.3) is 5.91 Å². The third-order valence-electron chi connectivity index (χ3n) is 4.82. The molecular formula is C19H27N5O2. The average molecular weight is 357 g/mol. The van der Waals surface area contributed by atoms with Gasteiger partial charge >= 0.3 is 0 Å². The number of furan rings is 1. The minimum atomic E-state index is -0.0460.